The topological polar surface area (TPSA) is 40.5 Å². The first-order valence-electron chi connectivity index (χ1n) is 7.20. The Hall–Kier alpha value is -0.580. The van der Waals surface area contributed by atoms with Crippen LogP contribution < -0.4 is 0 Å². The van der Waals surface area contributed by atoms with Crippen LogP contribution >= 0.6 is 22.9 Å². The molecule has 2 atom stereocenters. The zero-order valence-electron chi connectivity index (χ0n) is 12.1. The summed E-state index contributed by atoms with van der Waals surface area (Å²) in [4.78, 5) is 14.0. The molecule has 0 amide bonds. The van der Waals surface area contributed by atoms with Crippen molar-refractivity contribution in [3.05, 3.63) is 21.3 Å². The lowest BCUT2D eigenvalue weighted by molar-refractivity contribution is -0.154. The fourth-order valence-corrected chi connectivity index (χ4v) is 4.19. The van der Waals surface area contributed by atoms with E-state index in [4.69, 9.17) is 11.6 Å². The molecule has 3 nitrogen and oxygen atoms in total. The lowest BCUT2D eigenvalue weighted by Crippen LogP contribution is -2.48. The van der Waals surface area contributed by atoms with Gasteiger partial charge in [0.25, 0.3) is 0 Å². The van der Waals surface area contributed by atoms with E-state index in [1.807, 2.05) is 6.07 Å². The number of rotatable bonds is 5. The Morgan fingerprint density at radius 2 is 2.40 bits per heavy atom. The van der Waals surface area contributed by atoms with Crippen molar-refractivity contribution in [1.29, 1.82) is 0 Å². The number of likely N-dealkylation sites (tertiary alicyclic amines) is 1. The molecule has 112 valence electrons. The van der Waals surface area contributed by atoms with E-state index < -0.39 is 11.4 Å². The Morgan fingerprint density at radius 3 is 2.95 bits per heavy atom. The number of nitrogens with zero attached hydrogens (tertiary/aromatic N) is 1. The normalized spacial score (nSPS) is 25.6. The molecule has 5 heteroatoms. The molecule has 1 saturated heterocycles. The first kappa shape index (κ1) is 15.8. The molecule has 1 N–H and O–H groups in total. The third-order valence-electron chi connectivity index (χ3n) is 4.41. The number of aliphatic carboxylic acids is 1. The molecule has 0 aromatic carbocycles. The molecule has 1 aromatic rings. The van der Waals surface area contributed by atoms with Crippen molar-refractivity contribution < 1.29 is 9.90 Å². The molecule has 0 saturated carbocycles. The van der Waals surface area contributed by atoms with Gasteiger partial charge in [-0.1, -0.05) is 24.9 Å². The van der Waals surface area contributed by atoms with Gasteiger partial charge in [0.2, 0.25) is 0 Å². The number of thiophene rings is 1. The minimum absolute atomic E-state index is 0.231. The summed E-state index contributed by atoms with van der Waals surface area (Å²) in [6.45, 7) is 5.81. The van der Waals surface area contributed by atoms with Crippen molar-refractivity contribution in [3.63, 3.8) is 0 Å². The van der Waals surface area contributed by atoms with Gasteiger partial charge in [-0.25, -0.2) is 0 Å². The SMILES string of the molecule is CCCC1(C(=O)O)CCCN(C(C)c2csc(Cl)c2)C1. The molecule has 0 bridgehead atoms. The van der Waals surface area contributed by atoms with E-state index in [9.17, 15) is 9.90 Å². The summed E-state index contributed by atoms with van der Waals surface area (Å²) in [6, 6.07) is 2.22. The van der Waals surface area contributed by atoms with Crippen molar-refractivity contribution in [2.24, 2.45) is 5.41 Å². The molecular weight excluding hydrogens is 294 g/mol. The maximum Gasteiger partial charge on any atom is 0.310 e. The number of piperidine rings is 1. The van der Waals surface area contributed by atoms with Crippen molar-refractivity contribution in [3.8, 4) is 0 Å². The summed E-state index contributed by atoms with van der Waals surface area (Å²) in [5.41, 5.74) is 0.624. The third kappa shape index (κ3) is 3.18. The predicted molar refractivity (Wildman–Crippen MR) is 83.5 cm³/mol. The number of halogens is 1. The van der Waals surface area contributed by atoms with E-state index in [0.29, 0.717) is 6.54 Å². The first-order chi connectivity index (χ1) is 9.48. The molecule has 2 rings (SSSR count). The quantitative estimate of drug-likeness (QED) is 0.874. The zero-order chi connectivity index (χ0) is 14.8. The summed E-state index contributed by atoms with van der Waals surface area (Å²) < 4.78 is 0.793. The fraction of sp³-hybridized carbons (Fsp3) is 0.667. The second-order valence-electron chi connectivity index (χ2n) is 5.77. The smallest absolute Gasteiger partial charge is 0.310 e. The maximum atomic E-state index is 11.7. The van der Waals surface area contributed by atoms with Crippen molar-refractivity contribution in [1.82, 2.24) is 4.90 Å². The Kier molecular flexibility index (Phi) is 5.10. The van der Waals surface area contributed by atoms with Crippen molar-refractivity contribution in [2.75, 3.05) is 13.1 Å². The van der Waals surface area contributed by atoms with E-state index >= 15 is 0 Å². The Bertz CT molecular complexity index is 472. The molecule has 1 aromatic heterocycles. The molecular formula is C15H22ClNO2S. The second-order valence-corrected chi connectivity index (χ2v) is 7.31. The van der Waals surface area contributed by atoms with E-state index in [2.05, 4.69) is 24.1 Å². The summed E-state index contributed by atoms with van der Waals surface area (Å²) in [7, 11) is 0. The van der Waals surface area contributed by atoms with Gasteiger partial charge in [0.1, 0.15) is 0 Å². The van der Waals surface area contributed by atoms with E-state index in [1.54, 1.807) is 0 Å². The number of hydrogen-bond donors (Lipinski definition) is 1. The molecule has 1 aliphatic rings. The van der Waals surface area contributed by atoms with Crippen LogP contribution in [-0.4, -0.2) is 29.1 Å². The third-order valence-corrected chi connectivity index (χ3v) is 5.52. The van der Waals surface area contributed by atoms with Crippen molar-refractivity contribution in [2.45, 2.75) is 45.6 Å². The number of hydrogen-bond acceptors (Lipinski definition) is 3. The van der Waals surface area contributed by atoms with Gasteiger partial charge < -0.3 is 5.11 Å². The monoisotopic (exact) mass is 315 g/mol. The fourth-order valence-electron chi connectivity index (χ4n) is 3.22. The van der Waals surface area contributed by atoms with Crippen LogP contribution in [0.5, 0.6) is 0 Å². The average molecular weight is 316 g/mol. The Morgan fingerprint density at radius 1 is 1.65 bits per heavy atom. The number of carboxylic acids is 1. The Balaban J connectivity index is 2.15. The van der Waals surface area contributed by atoms with Crippen LogP contribution in [0.3, 0.4) is 0 Å². The van der Waals surface area contributed by atoms with E-state index in [0.717, 1.165) is 36.6 Å². The molecule has 2 heterocycles. The van der Waals surface area contributed by atoms with Crippen molar-refractivity contribution >= 4 is 28.9 Å². The summed E-state index contributed by atoms with van der Waals surface area (Å²) in [5.74, 6) is -0.639. The average Bonchev–Trinajstić information content (AvgIpc) is 2.85. The van der Waals surface area contributed by atoms with Gasteiger partial charge in [0, 0.05) is 12.6 Å². The lowest BCUT2D eigenvalue weighted by atomic mass is 9.76. The maximum absolute atomic E-state index is 11.7. The number of carboxylic acid groups (broad SMARTS) is 1. The first-order valence-corrected chi connectivity index (χ1v) is 8.45. The molecule has 20 heavy (non-hydrogen) atoms. The van der Waals surface area contributed by atoms with Crippen LogP contribution in [-0.2, 0) is 4.79 Å². The van der Waals surface area contributed by atoms with Crippen LogP contribution in [0, 0.1) is 5.41 Å². The van der Waals surface area contributed by atoms with Gasteiger partial charge in [-0.2, -0.15) is 0 Å². The largest absolute Gasteiger partial charge is 0.481 e. The van der Waals surface area contributed by atoms with Crippen LogP contribution in [0.15, 0.2) is 11.4 Å². The summed E-state index contributed by atoms with van der Waals surface area (Å²) in [5, 5.41) is 11.7. The van der Waals surface area contributed by atoms with Crippen LogP contribution in [0.25, 0.3) is 0 Å². The molecule has 0 radical (unpaired) electrons. The van der Waals surface area contributed by atoms with Gasteiger partial charge >= 0.3 is 5.97 Å². The number of carbonyl (C=O) groups is 1. The minimum atomic E-state index is -0.639. The van der Waals surface area contributed by atoms with Gasteiger partial charge in [0.05, 0.1) is 9.75 Å². The van der Waals surface area contributed by atoms with Crippen LogP contribution in [0.1, 0.15) is 51.1 Å². The lowest BCUT2D eigenvalue weighted by Gasteiger charge is -2.42. The van der Waals surface area contributed by atoms with Gasteiger partial charge in [-0.15, -0.1) is 11.3 Å². The molecule has 0 aliphatic carbocycles. The second kappa shape index (κ2) is 6.46. The Labute approximate surface area is 129 Å². The molecule has 2 unspecified atom stereocenters. The summed E-state index contributed by atoms with van der Waals surface area (Å²) in [6.07, 6.45) is 3.42. The van der Waals surface area contributed by atoms with E-state index in [1.165, 1.54) is 16.9 Å². The van der Waals surface area contributed by atoms with Crippen LogP contribution in [0.4, 0.5) is 0 Å². The predicted octanol–water partition coefficient (Wildman–Crippen LogP) is 4.43. The highest BCUT2D eigenvalue weighted by Crippen LogP contribution is 2.39. The molecule has 0 spiro atoms. The summed E-state index contributed by atoms with van der Waals surface area (Å²) >= 11 is 7.54. The van der Waals surface area contributed by atoms with Gasteiger partial charge in [-0.05, 0) is 49.7 Å². The minimum Gasteiger partial charge on any atom is -0.481 e. The highest BCUT2D eigenvalue weighted by atomic mass is 35.5. The van der Waals surface area contributed by atoms with Gasteiger partial charge in [0.15, 0.2) is 0 Å². The highest BCUT2D eigenvalue weighted by Gasteiger charge is 2.42. The van der Waals surface area contributed by atoms with Gasteiger partial charge in [-0.3, -0.25) is 9.69 Å². The molecule has 1 aliphatic heterocycles. The molecule has 1 fully saturated rings. The van der Waals surface area contributed by atoms with E-state index in [-0.39, 0.29) is 6.04 Å². The highest BCUT2D eigenvalue weighted by molar-refractivity contribution is 7.14. The zero-order valence-corrected chi connectivity index (χ0v) is 13.6. The van der Waals surface area contributed by atoms with Crippen LogP contribution in [0.2, 0.25) is 4.34 Å². The standard InChI is InChI=1S/C15H22ClNO2S/c1-3-5-15(14(18)19)6-4-7-17(10-15)11(2)12-8-13(16)20-9-12/h8-9,11H,3-7,10H2,1-2H3,(H,18,19).